The van der Waals surface area contributed by atoms with Gasteiger partial charge in [0, 0.05) is 36.6 Å². The van der Waals surface area contributed by atoms with Crippen molar-refractivity contribution in [2.75, 3.05) is 6.54 Å². The molecule has 0 unspecified atom stereocenters. The minimum absolute atomic E-state index is 0.0608. The predicted octanol–water partition coefficient (Wildman–Crippen LogP) is 5.26. The van der Waals surface area contributed by atoms with E-state index in [-0.39, 0.29) is 11.3 Å². The standard InChI is InChI=1S/C25H30N2O/c1-17-23(24-21(25(24,3)4)14-15-26-18(2)28)20-12-8-9-13-22(20)27(17)16-19-10-6-5-7-11-19/h5-13,21,24H,14-16H2,1-4H3,(H,26,28)/t21-,24+/m0/s1. The van der Waals surface area contributed by atoms with Gasteiger partial charge in [-0.15, -0.1) is 0 Å². The first kappa shape index (κ1) is 18.8. The Morgan fingerprint density at radius 3 is 2.46 bits per heavy atom. The third-order valence-electron chi connectivity index (χ3n) is 6.65. The molecule has 146 valence electrons. The summed E-state index contributed by atoms with van der Waals surface area (Å²) in [5.74, 6) is 1.21. The molecule has 1 N–H and O–H groups in total. The highest BCUT2D eigenvalue weighted by atomic mass is 16.1. The number of rotatable bonds is 6. The van der Waals surface area contributed by atoms with Crippen LogP contribution in [0.2, 0.25) is 0 Å². The summed E-state index contributed by atoms with van der Waals surface area (Å²) in [7, 11) is 0. The molecule has 1 aromatic heterocycles. The zero-order chi connectivity index (χ0) is 19.9. The van der Waals surface area contributed by atoms with Crippen molar-refractivity contribution >= 4 is 16.8 Å². The van der Waals surface area contributed by atoms with Gasteiger partial charge in [-0.3, -0.25) is 4.79 Å². The number of benzene rings is 2. The quantitative estimate of drug-likeness (QED) is 0.627. The topological polar surface area (TPSA) is 34.0 Å². The Bertz CT molecular complexity index is 1000. The van der Waals surface area contributed by atoms with E-state index in [1.807, 2.05) is 0 Å². The molecule has 1 aliphatic rings. The molecule has 1 heterocycles. The molecule has 0 radical (unpaired) electrons. The fourth-order valence-electron chi connectivity index (χ4n) is 5.08. The summed E-state index contributed by atoms with van der Waals surface area (Å²) in [6, 6.07) is 19.5. The van der Waals surface area contributed by atoms with Gasteiger partial charge in [-0.05, 0) is 47.8 Å². The van der Waals surface area contributed by atoms with E-state index in [1.54, 1.807) is 6.92 Å². The van der Waals surface area contributed by atoms with Gasteiger partial charge < -0.3 is 9.88 Å². The molecule has 3 aromatic rings. The van der Waals surface area contributed by atoms with Crippen molar-refractivity contribution in [2.24, 2.45) is 11.3 Å². The van der Waals surface area contributed by atoms with Crippen LogP contribution in [0.3, 0.4) is 0 Å². The van der Waals surface area contributed by atoms with Gasteiger partial charge >= 0.3 is 0 Å². The summed E-state index contributed by atoms with van der Waals surface area (Å²) >= 11 is 0. The summed E-state index contributed by atoms with van der Waals surface area (Å²) in [6.07, 6.45) is 1.04. The molecule has 4 rings (SSSR count). The van der Waals surface area contributed by atoms with Crippen molar-refractivity contribution in [3.63, 3.8) is 0 Å². The van der Waals surface area contributed by atoms with Gasteiger partial charge in [-0.2, -0.15) is 0 Å². The third-order valence-corrected chi connectivity index (χ3v) is 6.65. The number of hydrogen-bond donors (Lipinski definition) is 1. The third kappa shape index (κ3) is 3.23. The summed E-state index contributed by atoms with van der Waals surface area (Å²) in [4.78, 5) is 11.2. The molecule has 3 heteroatoms. The first-order valence-corrected chi connectivity index (χ1v) is 10.3. The maximum atomic E-state index is 11.2. The zero-order valence-corrected chi connectivity index (χ0v) is 17.3. The summed E-state index contributed by atoms with van der Waals surface area (Å²) in [5, 5.41) is 4.36. The lowest BCUT2D eigenvalue weighted by molar-refractivity contribution is -0.118. The first-order valence-electron chi connectivity index (χ1n) is 10.3. The minimum Gasteiger partial charge on any atom is -0.356 e. The smallest absolute Gasteiger partial charge is 0.216 e. The highest BCUT2D eigenvalue weighted by Crippen LogP contribution is 2.67. The maximum Gasteiger partial charge on any atom is 0.216 e. The molecule has 1 saturated carbocycles. The molecular formula is C25H30N2O. The number of nitrogens with one attached hydrogen (secondary N) is 1. The summed E-state index contributed by atoms with van der Waals surface area (Å²) in [6.45, 7) is 10.3. The molecule has 2 aromatic carbocycles. The number of hydrogen-bond acceptors (Lipinski definition) is 1. The average molecular weight is 375 g/mol. The van der Waals surface area contributed by atoms with E-state index in [0.29, 0.717) is 11.8 Å². The number of carbonyl (C=O) groups is 1. The molecule has 0 aliphatic heterocycles. The van der Waals surface area contributed by atoms with Crippen LogP contribution in [-0.2, 0) is 11.3 Å². The second kappa shape index (κ2) is 7.12. The fourth-order valence-corrected chi connectivity index (χ4v) is 5.08. The van der Waals surface area contributed by atoms with Crippen LogP contribution >= 0.6 is 0 Å². The van der Waals surface area contributed by atoms with E-state index in [9.17, 15) is 4.79 Å². The van der Waals surface area contributed by atoms with Crippen molar-refractivity contribution in [1.29, 1.82) is 0 Å². The maximum absolute atomic E-state index is 11.2. The summed E-state index contributed by atoms with van der Waals surface area (Å²) in [5.41, 5.74) is 5.80. The van der Waals surface area contributed by atoms with Gasteiger partial charge in [0.25, 0.3) is 0 Å². The van der Waals surface area contributed by atoms with E-state index in [1.165, 1.54) is 27.7 Å². The molecular weight excluding hydrogens is 344 g/mol. The number of nitrogens with zero attached hydrogens (tertiary/aromatic N) is 1. The van der Waals surface area contributed by atoms with Crippen molar-refractivity contribution in [3.05, 3.63) is 71.4 Å². The van der Waals surface area contributed by atoms with Crippen LogP contribution in [-0.4, -0.2) is 17.0 Å². The Morgan fingerprint density at radius 1 is 1.07 bits per heavy atom. The Kier molecular flexibility index (Phi) is 4.78. The van der Waals surface area contributed by atoms with E-state index in [2.05, 4.69) is 85.3 Å². The Hall–Kier alpha value is -2.55. The van der Waals surface area contributed by atoms with Crippen molar-refractivity contribution in [3.8, 4) is 0 Å². The lowest BCUT2D eigenvalue weighted by Gasteiger charge is -2.10. The number of aromatic nitrogens is 1. The lowest BCUT2D eigenvalue weighted by atomic mass is 10.0. The number of amides is 1. The molecule has 0 spiro atoms. The molecule has 1 fully saturated rings. The molecule has 1 aliphatic carbocycles. The van der Waals surface area contributed by atoms with Gasteiger partial charge in [0.15, 0.2) is 0 Å². The first-order chi connectivity index (χ1) is 13.4. The average Bonchev–Trinajstić information content (AvgIpc) is 3.08. The largest absolute Gasteiger partial charge is 0.356 e. The predicted molar refractivity (Wildman–Crippen MR) is 116 cm³/mol. The molecule has 2 atom stereocenters. The molecule has 0 saturated heterocycles. The van der Waals surface area contributed by atoms with Crippen LogP contribution in [0.4, 0.5) is 0 Å². The van der Waals surface area contributed by atoms with Crippen LogP contribution in [0.25, 0.3) is 10.9 Å². The number of para-hydroxylation sites is 1. The van der Waals surface area contributed by atoms with Crippen LogP contribution in [0.1, 0.15) is 49.9 Å². The fraction of sp³-hybridized carbons (Fsp3) is 0.400. The summed E-state index contributed by atoms with van der Waals surface area (Å²) < 4.78 is 2.47. The van der Waals surface area contributed by atoms with E-state index in [4.69, 9.17) is 0 Å². The number of carbonyl (C=O) groups excluding carboxylic acids is 1. The minimum atomic E-state index is 0.0608. The van der Waals surface area contributed by atoms with Gasteiger partial charge in [-0.25, -0.2) is 0 Å². The van der Waals surface area contributed by atoms with Gasteiger partial charge in [0.05, 0.1) is 0 Å². The highest BCUT2D eigenvalue weighted by Gasteiger charge is 2.58. The number of fused-ring (bicyclic) bond motifs is 1. The molecule has 1 amide bonds. The second-order valence-corrected chi connectivity index (χ2v) is 8.77. The van der Waals surface area contributed by atoms with Crippen LogP contribution in [0, 0.1) is 18.3 Å². The van der Waals surface area contributed by atoms with Gasteiger partial charge in [-0.1, -0.05) is 62.4 Å². The van der Waals surface area contributed by atoms with Crippen LogP contribution in [0.5, 0.6) is 0 Å². The molecule has 3 nitrogen and oxygen atoms in total. The lowest BCUT2D eigenvalue weighted by Crippen LogP contribution is -2.21. The Morgan fingerprint density at radius 2 is 1.75 bits per heavy atom. The van der Waals surface area contributed by atoms with E-state index in [0.717, 1.165) is 19.5 Å². The monoisotopic (exact) mass is 374 g/mol. The Balaban J connectivity index is 1.70. The van der Waals surface area contributed by atoms with Gasteiger partial charge in [0.1, 0.15) is 0 Å². The van der Waals surface area contributed by atoms with Crippen molar-refractivity contribution in [2.45, 2.75) is 46.6 Å². The SMILES string of the molecule is CC(=O)NCC[C@H]1[C@H](c2c(C)n(Cc3ccccc3)c3ccccc23)C1(C)C. The van der Waals surface area contributed by atoms with E-state index >= 15 is 0 Å². The van der Waals surface area contributed by atoms with E-state index < -0.39 is 0 Å². The van der Waals surface area contributed by atoms with Crippen LogP contribution < -0.4 is 5.32 Å². The highest BCUT2D eigenvalue weighted by molar-refractivity contribution is 5.87. The van der Waals surface area contributed by atoms with Crippen molar-refractivity contribution in [1.82, 2.24) is 9.88 Å². The van der Waals surface area contributed by atoms with Crippen LogP contribution in [0.15, 0.2) is 54.6 Å². The van der Waals surface area contributed by atoms with Gasteiger partial charge in [0.2, 0.25) is 5.91 Å². The molecule has 0 bridgehead atoms. The normalized spacial score (nSPS) is 20.3. The second-order valence-electron chi connectivity index (χ2n) is 8.77. The zero-order valence-electron chi connectivity index (χ0n) is 17.3. The molecule has 28 heavy (non-hydrogen) atoms. The van der Waals surface area contributed by atoms with Crippen molar-refractivity contribution < 1.29 is 4.79 Å². The Labute approximate surface area is 167 Å².